The van der Waals surface area contributed by atoms with Crippen LogP contribution in [0.5, 0.6) is 0 Å². The first-order valence-corrected chi connectivity index (χ1v) is 8.63. The maximum Gasteiger partial charge on any atom is 0.285 e. The molecule has 1 amide bonds. The van der Waals surface area contributed by atoms with E-state index in [4.69, 9.17) is 0 Å². The van der Waals surface area contributed by atoms with Gasteiger partial charge in [0.15, 0.2) is 0 Å². The number of hydrogen-bond donors (Lipinski definition) is 2. The number of aromatic nitrogens is 2. The fourth-order valence-corrected chi connectivity index (χ4v) is 3.08. The standard InChI is InChI=1S/C21H16N4O3/c1-13-5-4-6-16(19(13)25(27)28)21(26)22-15-11-9-14(10-12-15)20-23-17-7-2-3-8-18(17)24-20/h2-12H,1H3,(H,22,26)(H,23,24). The maximum atomic E-state index is 12.5. The molecule has 4 aromatic rings. The lowest BCUT2D eigenvalue weighted by Gasteiger charge is -2.08. The number of carbonyl (C=O) groups is 1. The molecule has 0 atom stereocenters. The predicted octanol–water partition coefficient (Wildman–Crippen LogP) is 4.70. The second-order valence-electron chi connectivity index (χ2n) is 6.36. The van der Waals surface area contributed by atoms with Crippen LogP contribution in [-0.4, -0.2) is 20.8 Å². The van der Waals surface area contributed by atoms with Crippen molar-refractivity contribution in [2.75, 3.05) is 5.32 Å². The molecule has 0 aliphatic heterocycles. The average Bonchev–Trinajstić information content (AvgIpc) is 3.12. The summed E-state index contributed by atoms with van der Waals surface area (Å²) in [5, 5.41) is 14.0. The summed E-state index contributed by atoms with van der Waals surface area (Å²) >= 11 is 0. The first-order valence-electron chi connectivity index (χ1n) is 8.63. The number of nitrogens with zero attached hydrogens (tertiary/aromatic N) is 2. The van der Waals surface area contributed by atoms with Gasteiger partial charge in [0, 0.05) is 16.8 Å². The normalized spacial score (nSPS) is 10.8. The van der Waals surface area contributed by atoms with Gasteiger partial charge in [-0.05, 0) is 49.4 Å². The van der Waals surface area contributed by atoms with Crippen LogP contribution in [0, 0.1) is 17.0 Å². The minimum atomic E-state index is -0.533. The number of imidazole rings is 1. The van der Waals surface area contributed by atoms with Gasteiger partial charge in [-0.3, -0.25) is 14.9 Å². The number of H-pyrrole nitrogens is 1. The van der Waals surface area contributed by atoms with Gasteiger partial charge in [0.05, 0.1) is 16.0 Å². The summed E-state index contributed by atoms with van der Waals surface area (Å²) < 4.78 is 0. The SMILES string of the molecule is Cc1cccc(C(=O)Nc2ccc(-c3nc4ccccc4[nH]3)cc2)c1[N+](=O)[O-]. The molecule has 138 valence electrons. The molecule has 28 heavy (non-hydrogen) atoms. The summed E-state index contributed by atoms with van der Waals surface area (Å²) in [7, 11) is 0. The largest absolute Gasteiger partial charge is 0.338 e. The van der Waals surface area contributed by atoms with Crippen molar-refractivity contribution in [2.24, 2.45) is 0 Å². The van der Waals surface area contributed by atoms with Gasteiger partial charge in [-0.1, -0.05) is 24.3 Å². The first-order chi connectivity index (χ1) is 13.5. The van der Waals surface area contributed by atoms with Gasteiger partial charge in [0.1, 0.15) is 11.4 Å². The van der Waals surface area contributed by atoms with Gasteiger partial charge in [-0.15, -0.1) is 0 Å². The van der Waals surface area contributed by atoms with Gasteiger partial charge in [0.25, 0.3) is 11.6 Å². The number of nitro benzene ring substituents is 1. The minimum absolute atomic E-state index is 0.0337. The Bertz CT molecular complexity index is 1160. The van der Waals surface area contributed by atoms with E-state index < -0.39 is 10.8 Å². The molecule has 0 saturated heterocycles. The fraction of sp³-hybridized carbons (Fsp3) is 0.0476. The van der Waals surface area contributed by atoms with Crippen molar-refractivity contribution in [1.82, 2.24) is 9.97 Å². The van der Waals surface area contributed by atoms with Gasteiger partial charge in [0.2, 0.25) is 0 Å². The van der Waals surface area contributed by atoms with E-state index in [2.05, 4.69) is 15.3 Å². The highest BCUT2D eigenvalue weighted by molar-refractivity contribution is 6.07. The van der Waals surface area contributed by atoms with Gasteiger partial charge in [-0.25, -0.2) is 4.98 Å². The van der Waals surface area contributed by atoms with Crippen LogP contribution in [0.2, 0.25) is 0 Å². The highest BCUT2D eigenvalue weighted by Gasteiger charge is 2.22. The lowest BCUT2D eigenvalue weighted by atomic mass is 10.1. The third-order valence-electron chi connectivity index (χ3n) is 4.47. The average molecular weight is 372 g/mol. The topological polar surface area (TPSA) is 101 Å². The van der Waals surface area contributed by atoms with E-state index in [1.165, 1.54) is 6.07 Å². The molecule has 1 aromatic heterocycles. The van der Waals surface area contributed by atoms with E-state index in [1.807, 2.05) is 36.4 Å². The summed E-state index contributed by atoms with van der Waals surface area (Å²) in [6, 6.07) is 19.6. The number of hydrogen-bond acceptors (Lipinski definition) is 4. The van der Waals surface area contributed by atoms with Crippen LogP contribution in [0.25, 0.3) is 22.4 Å². The second kappa shape index (κ2) is 6.96. The summed E-state index contributed by atoms with van der Waals surface area (Å²) in [5.74, 6) is 0.209. The number of anilines is 1. The van der Waals surface area contributed by atoms with Crippen LogP contribution in [0.15, 0.2) is 66.7 Å². The van der Waals surface area contributed by atoms with Crippen molar-refractivity contribution >= 4 is 28.3 Å². The highest BCUT2D eigenvalue weighted by atomic mass is 16.6. The van der Waals surface area contributed by atoms with Gasteiger partial charge in [-0.2, -0.15) is 0 Å². The number of rotatable bonds is 4. The fourth-order valence-electron chi connectivity index (χ4n) is 3.08. The monoisotopic (exact) mass is 372 g/mol. The number of nitro groups is 1. The zero-order valence-electron chi connectivity index (χ0n) is 15.0. The summed E-state index contributed by atoms with van der Waals surface area (Å²) in [6.45, 7) is 1.61. The third kappa shape index (κ3) is 3.21. The van der Waals surface area contributed by atoms with Gasteiger partial charge < -0.3 is 10.3 Å². The summed E-state index contributed by atoms with van der Waals surface area (Å²) in [6.07, 6.45) is 0. The molecule has 7 nitrogen and oxygen atoms in total. The van der Waals surface area contributed by atoms with E-state index in [0.29, 0.717) is 11.3 Å². The number of amides is 1. The molecule has 2 N–H and O–H groups in total. The van der Waals surface area contributed by atoms with Crippen LogP contribution in [-0.2, 0) is 0 Å². The maximum absolute atomic E-state index is 12.5. The second-order valence-corrected chi connectivity index (χ2v) is 6.36. The molecule has 0 aliphatic rings. The number of fused-ring (bicyclic) bond motifs is 1. The Balaban J connectivity index is 1.57. The molecule has 3 aromatic carbocycles. The Hall–Kier alpha value is -4.00. The van der Waals surface area contributed by atoms with Crippen LogP contribution >= 0.6 is 0 Å². The Labute approximate surface area is 160 Å². The van der Waals surface area contributed by atoms with Crippen LogP contribution in [0.1, 0.15) is 15.9 Å². The zero-order chi connectivity index (χ0) is 19.7. The van der Waals surface area contributed by atoms with Crippen molar-refractivity contribution in [1.29, 1.82) is 0 Å². The Morgan fingerprint density at radius 2 is 1.79 bits per heavy atom. The van der Waals surface area contributed by atoms with Crippen LogP contribution < -0.4 is 5.32 Å². The summed E-state index contributed by atoms with van der Waals surface area (Å²) in [4.78, 5) is 31.1. The zero-order valence-corrected chi connectivity index (χ0v) is 15.0. The molecule has 0 radical (unpaired) electrons. The predicted molar refractivity (Wildman–Crippen MR) is 107 cm³/mol. The molecular formula is C21H16N4O3. The Kier molecular flexibility index (Phi) is 4.33. The molecule has 0 saturated carbocycles. The molecular weight excluding hydrogens is 356 g/mol. The molecule has 0 unspecified atom stereocenters. The molecule has 0 aliphatic carbocycles. The van der Waals surface area contributed by atoms with Crippen LogP contribution in [0.4, 0.5) is 11.4 Å². The number of nitrogens with one attached hydrogen (secondary N) is 2. The molecule has 0 spiro atoms. The number of para-hydroxylation sites is 3. The molecule has 4 rings (SSSR count). The molecule has 1 heterocycles. The van der Waals surface area contributed by atoms with Crippen molar-refractivity contribution in [3.63, 3.8) is 0 Å². The Morgan fingerprint density at radius 3 is 2.50 bits per heavy atom. The molecule has 0 bridgehead atoms. The number of benzene rings is 3. The molecule has 7 heteroatoms. The summed E-state index contributed by atoms with van der Waals surface area (Å²) in [5.41, 5.74) is 3.53. The lowest BCUT2D eigenvalue weighted by Crippen LogP contribution is -2.14. The first kappa shape index (κ1) is 17.4. The van der Waals surface area contributed by atoms with Crippen molar-refractivity contribution < 1.29 is 9.72 Å². The van der Waals surface area contributed by atoms with E-state index >= 15 is 0 Å². The van der Waals surface area contributed by atoms with E-state index in [-0.39, 0.29) is 11.3 Å². The van der Waals surface area contributed by atoms with Crippen molar-refractivity contribution in [3.05, 3.63) is 88.0 Å². The van der Waals surface area contributed by atoms with Gasteiger partial charge >= 0.3 is 0 Å². The van der Waals surface area contributed by atoms with Crippen molar-refractivity contribution in [3.8, 4) is 11.4 Å². The van der Waals surface area contributed by atoms with Crippen molar-refractivity contribution in [2.45, 2.75) is 6.92 Å². The minimum Gasteiger partial charge on any atom is -0.338 e. The third-order valence-corrected chi connectivity index (χ3v) is 4.47. The van der Waals surface area contributed by atoms with E-state index in [1.54, 1.807) is 31.2 Å². The van der Waals surface area contributed by atoms with Crippen LogP contribution in [0.3, 0.4) is 0 Å². The van der Waals surface area contributed by atoms with E-state index in [0.717, 1.165) is 22.4 Å². The lowest BCUT2D eigenvalue weighted by molar-refractivity contribution is -0.385. The highest BCUT2D eigenvalue weighted by Crippen LogP contribution is 2.25. The van der Waals surface area contributed by atoms with E-state index in [9.17, 15) is 14.9 Å². The number of aromatic amines is 1. The number of carbonyl (C=O) groups excluding carboxylic acids is 1. The quantitative estimate of drug-likeness (QED) is 0.400. The number of aryl methyl sites for hydroxylation is 1. The Morgan fingerprint density at radius 1 is 1.04 bits per heavy atom. The smallest absolute Gasteiger partial charge is 0.285 e. The molecule has 0 fully saturated rings.